The van der Waals surface area contributed by atoms with Crippen LogP contribution < -0.4 is 0 Å². The maximum atomic E-state index is 12.7. The number of hydrogen-bond donors (Lipinski definition) is 0. The van der Waals surface area contributed by atoms with Crippen LogP contribution in [0.4, 0.5) is 0 Å². The molecule has 0 amide bonds. The summed E-state index contributed by atoms with van der Waals surface area (Å²) >= 11 is 0. The van der Waals surface area contributed by atoms with Gasteiger partial charge in [0.1, 0.15) is 6.61 Å². The van der Waals surface area contributed by atoms with E-state index < -0.39 is 6.10 Å². The lowest BCUT2D eigenvalue weighted by Crippen LogP contribution is -2.30. The van der Waals surface area contributed by atoms with Gasteiger partial charge in [-0.2, -0.15) is 0 Å². The predicted molar refractivity (Wildman–Crippen MR) is 224 cm³/mol. The minimum Gasteiger partial charge on any atom is -0.462 e. The van der Waals surface area contributed by atoms with Crippen molar-refractivity contribution in [1.82, 2.24) is 0 Å². The van der Waals surface area contributed by atoms with Crippen LogP contribution in [0.1, 0.15) is 239 Å². The summed E-state index contributed by atoms with van der Waals surface area (Å²) in [4.78, 5) is 25.2. The Morgan fingerprint density at radius 2 is 0.769 bits per heavy atom. The first-order chi connectivity index (χ1) is 25.6. The topological polar surface area (TPSA) is 61.8 Å². The molecule has 0 aliphatic heterocycles. The Hall–Kier alpha value is -1.62. The molecule has 5 nitrogen and oxygen atoms in total. The van der Waals surface area contributed by atoms with Crippen LogP contribution in [0.2, 0.25) is 0 Å². The van der Waals surface area contributed by atoms with E-state index in [2.05, 4.69) is 45.1 Å². The maximum absolute atomic E-state index is 12.7. The first-order valence-electron chi connectivity index (χ1n) is 22.9. The Balaban J connectivity index is 4.22. The second-order valence-electron chi connectivity index (χ2n) is 15.3. The molecule has 0 aromatic carbocycles. The van der Waals surface area contributed by atoms with Crippen LogP contribution in [0.15, 0.2) is 24.3 Å². The first kappa shape index (κ1) is 50.4. The van der Waals surface area contributed by atoms with Gasteiger partial charge in [0, 0.05) is 19.4 Å². The van der Waals surface area contributed by atoms with Gasteiger partial charge in [0.15, 0.2) is 6.10 Å². The molecular weight excluding hydrogens is 645 g/mol. The first-order valence-corrected chi connectivity index (χ1v) is 22.9. The number of rotatable bonds is 42. The standard InChI is InChI=1S/C47H88O5/c1-4-7-10-13-16-19-22-23-24-25-27-28-31-34-37-40-46(48)51-44-45(43-50-42-39-36-33-30-21-18-15-12-9-6-3)52-47(49)41-38-35-32-29-26-20-17-14-11-8-5-2/h14,17,23-24,45H,4-13,15-16,18-22,25-44H2,1-3H3/b17-14-,24-23-. The zero-order valence-electron chi connectivity index (χ0n) is 35.1. The van der Waals surface area contributed by atoms with E-state index in [9.17, 15) is 9.59 Å². The van der Waals surface area contributed by atoms with Crippen LogP contribution in [0.3, 0.4) is 0 Å². The van der Waals surface area contributed by atoms with Gasteiger partial charge >= 0.3 is 11.9 Å². The minimum absolute atomic E-state index is 0.0828. The minimum atomic E-state index is -0.534. The van der Waals surface area contributed by atoms with E-state index in [4.69, 9.17) is 14.2 Å². The van der Waals surface area contributed by atoms with Crippen molar-refractivity contribution < 1.29 is 23.8 Å². The zero-order valence-corrected chi connectivity index (χ0v) is 35.1. The molecule has 0 N–H and O–H groups in total. The van der Waals surface area contributed by atoms with Gasteiger partial charge in [0.25, 0.3) is 0 Å². The molecule has 5 heteroatoms. The number of carbonyl (C=O) groups excluding carboxylic acids is 2. The highest BCUT2D eigenvalue weighted by Gasteiger charge is 2.17. The largest absolute Gasteiger partial charge is 0.462 e. The van der Waals surface area contributed by atoms with E-state index in [0.29, 0.717) is 19.4 Å². The fraction of sp³-hybridized carbons (Fsp3) is 0.872. The third kappa shape index (κ3) is 41.1. The molecule has 0 aliphatic carbocycles. The number of carbonyl (C=O) groups is 2. The summed E-state index contributed by atoms with van der Waals surface area (Å²) in [5.74, 6) is -0.409. The average molecular weight is 733 g/mol. The third-order valence-electron chi connectivity index (χ3n) is 9.96. The van der Waals surface area contributed by atoms with Crippen molar-refractivity contribution in [3.63, 3.8) is 0 Å². The van der Waals surface area contributed by atoms with Gasteiger partial charge < -0.3 is 14.2 Å². The number of esters is 2. The summed E-state index contributed by atoms with van der Waals surface area (Å²) < 4.78 is 17.3. The van der Waals surface area contributed by atoms with Crippen molar-refractivity contribution in [1.29, 1.82) is 0 Å². The highest BCUT2D eigenvalue weighted by Crippen LogP contribution is 2.14. The summed E-state index contributed by atoms with van der Waals surface area (Å²) in [5, 5.41) is 0. The summed E-state index contributed by atoms with van der Waals surface area (Å²) in [6.07, 6.45) is 48.8. The van der Waals surface area contributed by atoms with Crippen molar-refractivity contribution in [2.75, 3.05) is 19.8 Å². The summed E-state index contributed by atoms with van der Waals surface area (Å²) in [6, 6.07) is 0. The highest BCUT2D eigenvalue weighted by molar-refractivity contribution is 5.70. The monoisotopic (exact) mass is 733 g/mol. The van der Waals surface area contributed by atoms with E-state index >= 15 is 0 Å². The van der Waals surface area contributed by atoms with E-state index in [-0.39, 0.29) is 25.2 Å². The molecule has 0 saturated carbocycles. The molecular formula is C47H88O5. The molecule has 0 bridgehead atoms. The van der Waals surface area contributed by atoms with Crippen molar-refractivity contribution in [3.8, 4) is 0 Å². The smallest absolute Gasteiger partial charge is 0.306 e. The average Bonchev–Trinajstić information content (AvgIpc) is 3.14. The molecule has 0 saturated heterocycles. The molecule has 0 heterocycles. The van der Waals surface area contributed by atoms with E-state index in [1.165, 1.54) is 148 Å². The van der Waals surface area contributed by atoms with Gasteiger partial charge in [0.05, 0.1) is 6.61 Å². The molecule has 0 aliphatic rings. The number of unbranched alkanes of at least 4 members (excludes halogenated alkanes) is 27. The molecule has 0 radical (unpaired) electrons. The Morgan fingerprint density at radius 1 is 0.404 bits per heavy atom. The summed E-state index contributed by atoms with van der Waals surface area (Å²) in [5.41, 5.74) is 0. The van der Waals surface area contributed by atoms with Gasteiger partial charge in [-0.15, -0.1) is 0 Å². The molecule has 0 rings (SSSR count). The molecule has 0 aromatic rings. The van der Waals surface area contributed by atoms with Gasteiger partial charge in [-0.3, -0.25) is 9.59 Å². The fourth-order valence-corrected chi connectivity index (χ4v) is 6.48. The van der Waals surface area contributed by atoms with Crippen molar-refractivity contribution in [2.45, 2.75) is 245 Å². The van der Waals surface area contributed by atoms with Crippen LogP contribution in [0.25, 0.3) is 0 Å². The SMILES string of the molecule is CCCC/C=C\CCCCCCCC(=O)OC(COCCCCCCCCCCCC)COC(=O)CCCCCCC/C=C\CCCCCCCC. The molecule has 1 atom stereocenters. The Kier molecular flexibility index (Phi) is 42.4. The Bertz CT molecular complexity index is 791. The number of allylic oxidation sites excluding steroid dienone is 4. The van der Waals surface area contributed by atoms with Gasteiger partial charge in [-0.1, -0.05) is 186 Å². The number of ether oxygens (including phenoxy) is 3. The normalized spacial score (nSPS) is 12.3. The van der Waals surface area contributed by atoms with Crippen LogP contribution >= 0.6 is 0 Å². The van der Waals surface area contributed by atoms with E-state index in [1.54, 1.807) is 0 Å². The van der Waals surface area contributed by atoms with E-state index in [1.807, 2.05) is 0 Å². The zero-order chi connectivity index (χ0) is 37.8. The lowest BCUT2D eigenvalue weighted by atomic mass is 10.1. The van der Waals surface area contributed by atoms with Crippen molar-refractivity contribution >= 4 is 11.9 Å². The lowest BCUT2D eigenvalue weighted by molar-refractivity contribution is -0.163. The van der Waals surface area contributed by atoms with Crippen molar-refractivity contribution in [2.24, 2.45) is 0 Å². The molecule has 306 valence electrons. The molecule has 1 unspecified atom stereocenters. The van der Waals surface area contributed by atoms with Crippen LogP contribution in [-0.2, 0) is 23.8 Å². The van der Waals surface area contributed by atoms with Gasteiger partial charge in [-0.25, -0.2) is 0 Å². The third-order valence-corrected chi connectivity index (χ3v) is 9.96. The number of hydrogen-bond acceptors (Lipinski definition) is 5. The Morgan fingerprint density at radius 3 is 1.23 bits per heavy atom. The predicted octanol–water partition coefficient (Wildman–Crippen LogP) is 14.9. The van der Waals surface area contributed by atoms with Crippen molar-refractivity contribution in [3.05, 3.63) is 24.3 Å². The second-order valence-corrected chi connectivity index (χ2v) is 15.3. The van der Waals surface area contributed by atoms with Gasteiger partial charge in [-0.05, 0) is 64.2 Å². The lowest BCUT2D eigenvalue weighted by Gasteiger charge is -2.18. The summed E-state index contributed by atoms with van der Waals surface area (Å²) in [6.45, 7) is 7.79. The quantitative estimate of drug-likeness (QED) is 0.0355. The Labute approximate surface area is 324 Å². The molecule has 0 spiro atoms. The molecule has 52 heavy (non-hydrogen) atoms. The van der Waals surface area contributed by atoms with Gasteiger partial charge in [0.2, 0.25) is 0 Å². The molecule has 0 aromatic heterocycles. The fourth-order valence-electron chi connectivity index (χ4n) is 6.48. The van der Waals surface area contributed by atoms with Crippen LogP contribution in [-0.4, -0.2) is 37.9 Å². The highest BCUT2D eigenvalue weighted by atomic mass is 16.6. The van der Waals surface area contributed by atoms with E-state index in [0.717, 1.165) is 57.8 Å². The molecule has 0 fully saturated rings. The maximum Gasteiger partial charge on any atom is 0.306 e. The second kappa shape index (κ2) is 43.8. The van der Waals surface area contributed by atoms with Crippen LogP contribution in [0.5, 0.6) is 0 Å². The summed E-state index contributed by atoms with van der Waals surface area (Å²) in [7, 11) is 0. The van der Waals surface area contributed by atoms with Crippen LogP contribution in [0, 0.1) is 0 Å².